The van der Waals surface area contributed by atoms with Gasteiger partial charge in [0.15, 0.2) is 11.5 Å². The summed E-state index contributed by atoms with van der Waals surface area (Å²) in [7, 11) is 0. The van der Waals surface area contributed by atoms with Crippen LogP contribution in [0.3, 0.4) is 0 Å². The number of nitrogens with one attached hydrogen (secondary N) is 2. The van der Waals surface area contributed by atoms with E-state index in [-0.39, 0.29) is 79.7 Å². The Balaban J connectivity index is 1.38. The lowest BCUT2D eigenvalue weighted by Gasteiger charge is -2.42. The summed E-state index contributed by atoms with van der Waals surface area (Å²) >= 11 is 5.95. The lowest BCUT2D eigenvalue weighted by atomic mass is 9.99. The third-order valence-corrected chi connectivity index (χ3v) is 8.40. The number of amides is 5. The maximum absolute atomic E-state index is 14.1. The van der Waals surface area contributed by atoms with Crippen LogP contribution in [0, 0.1) is 5.92 Å². The minimum atomic E-state index is -1.51. The molecule has 14 nitrogen and oxygen atoms in total. The van der Waals surface area contributed by atoms with E-state index in [2.05, 4.69) is 20.6 Å². The standard InChI is InChI=1S/C31H37ClFN9O5/c1-18(2)25(34)28(45)35-8-9-39-10-11-41(30(39)47)23-14-36-26-22(38-23)12-21(27(44)37-13-19-4-6-20(32)7-5-19)29(46)42(26)15-24(43)40-16-31(3,33)17-40/h4-7,12,14,18,25H,8-11,13,15-17,34H2,1-3H3,(H,35,45)(H,37,44). The zero-order valence-electron chi connectivity index (χ0n) is 26.3. The van der Waals surface area contributed by atoms with Crippen molar-refractivity contribution in [2.75, 3.05) is 44.2 Å². The molecule has 5 amide bonds. The second-order valence-corrected chi connectivity index (χ2v) is 12.8. The first kappa shape index (κ1) is 33.7. The summed E-state index contributed by atoms with van der Waals surface area (Å²) < 4.78 is 15.2. The summed E-state index contributed by atoms with van der Waals surface area (Å²) in [6, 6.07) is 7.07. The van der Waals surface area contributed by atoms with Crippen LogP contribution >= 0.6 is 11.6 Å². The fourth-order valence-corrected chi connectivity index (χ4v) is 5.48. The Morgan fingerprint density at radius 2 is 1.81 bits per heavy atom. The molecule has 2 saturated heterocycles. The molecule has 3 aromatic rings. The molecule has 2 aliphatic rings. The van der Waals surface area contributed by atoms with Crippen molar-refractivity contribution in [2.24, 2.45) is 11.7 Å². The highest BCUT2D eigenvalue weighted by Gasteiger charge is 2.41. The van der Waals surface area contributed by atoms with Crippen molar-refractivity contribution in [1.29, 1.82) is 0 Å². The Labute approximate surface area is 275 Å². The molecule has 2 fully saturated rings. The smallest absolute Gasteiger partial charge is 0.325 e. The van der Waals surface area contributed by atoms with Crippen molar-refractivity contribution in [3.05, 3.63) is 63.0 Å². The van der Waals surface area contributed by atoms with E-state index < -0.39 is 35.6 Å². The number of rotatable bonds is 11. The van der Waals surface area contributed by atoms with Crippen LogP contribution in [0.25, 0.3) is 11.2 Å². The number of nitrogens with zero attached hydrogens (tertiary/aromatic N) is 6. The summed E-state index contributed by atoms with van der Waals surface area (Å²) in [5.74, 6) is -1.37. The Hall–Kier alpha value is -4.63. The molecule has 4 N–H and O–H groups in total. The van der Waals surface area contributed by atoms with E-state index in [0.717, 1.165) is 10.1 Å². The average molecular weight is 670 g/mol. The molecule has 16 heteroatoms. The van der Waals surface area contributed by atoms with Gasteiger partial charge in [0, 0.05) is 37.7 Å². The summed E-state index contributed by atoms with van der Waals surface area (Å²) in [5, 5.41) is 5.98. The molecule has 2 aliphatic heterocycles. The minimum absolute atomic E-state index is 0.0255. The van der Waals surface area contributed by atoms with Crippen LogP contribution in [-0.2, 0) is 22.7 Å². The number of urea groups is 1. The molecule has 2 aromatic heterocycles. The van der Waals surface area contributed by atoms with Gasteiger partial charge in [0.2, 0.25) is 11.8 Å². The summed E-state index contributed by atoms with van der Waals surface area (Å²) in [4.78, 5) is 78.5. The molecular weight excluding hydrogens is 633 g/mol. The van der Waals surface area contributed by atoms with Gasteiger partial charge in [-0.15, -0.1) is 0 Å². The monoisotopic (exact) mass is 669 g/mol. The number of hydrogen-bond acceptors (Lipinski definition) is 8. The molecule has 1 atom stereocenters. The number of likely N-dealkylation sites (tertiary alicyclic amines) is 1. The molecule has 0 spiro atoms. The number of carbonyl (C=O) groups excluding carboxylic acids is 4. The van der Waals surface area contributed by atoms with Gasteiger partial charge in [-0.25, -0.2) is 19.2 Å². The van der Waals surface area contributed by atoms with Crippen LogP contribution < -0.4 is 26.8 Å². The molecule has 0 bridgehead atoms. The van der Waals surface area contributed by atoms with Gasteiger partial charge in [0.05, 0.1) is 25.3 Å². The Bertz CT molecular complexity index is 1760. The van der Waals surface area contributed by atoms with E-state index in [1.165, 1.54) is 29.0 Å². The number of benzene rings is 1. The molecule has 0 saturated carbocycles. The number of halogens is 2. The molecule has 5 rings (SSSR count). The van der Waals surface area contributed by atoms with Crippen LogP contribution in [-0.4, -0.2) is 99.1 Å². The molecule has 0 radical (unpaired) electrons. The van der Waals surface area contributed by atoms with Crippen molar-refractivity contribution in [3.8, 4) is 0 Å². The lowest BCUT2D eigenvalue weighted by Crippen LogP contribution is -2.60. The number of anilines is 1. The van der Waals surface area contributed by atoms with E-state index in [1.807, 2.05) is 13.8 Å². The van der Waals surface area contributed by atoms with E-state index >= 15 is 0 Å². The van der Waals surface area contributed by atoms with E-state index in [4.69, 9.17) is 17.3 Å². The number of carbonyl (C=O) groups is 4. The highest BCUT2D eigenvalue weighted by molar-refractivity contribution is 6.30. The van der Waals surface area contributed by atoms with Crippen LogP contribution in [0.5, 0.6) is 0 Å². The third-order valence-electron chi connectivity index (χ3n) is 8.15. The topological polar surface area (TPSA) is 176 Å². The molecule has 1 aromatic carbocycles. The summed E-state index contributed by atoms with van der Waals surface area (Å²) in [6.45, 7) is 5.57. The van der Waals surface area contributed by atoms with Crippen LogP contribution in [0.2, 0.25) is 5.02 Å². The quantitative estimate of drug-likeness (QED) is 0.274. The molecule has 1 unspecified atom stereocenters. The summed E-state index contributed by atoms with van der Waals surface area (Å²) in [6.07, 6.45) is 1.32. The minimum Gasteiger partial charge on any atom is -0.353 e. The number of hydrogen-bond donors (Lipinski definition) is 3. The first-order valence-electron chi connectivity index (χ1n) is 15.2. The van der Waals surface area contributed by atoms with E-state index in [0.29, 0.717) is 11.6 Å². The largest absolute Gasteiger partial charge is 0.353 e. The third kappa shape index (κ3) is 7.52. The van der Waals surface area contributed by atoms with Crippen molar-refractivity contribution in [1.82, 2.24) is 35.0 Å². The molecule has 250 valence electrons. The van der Waals surface area contributed by atoms with Crippen molar-refractivity contribution < 1.29 is 23.6 Å². The lowest BCUT2D eigenvalue weighted by molar-refractivity contribution is -0.144. The van der Waals surface area contributed by atoms with E-state index in [1.54, 1.807) is 29.2 Å². The second kappa shape index (κ2) is 13.6. The predicted molar refractivity (Wildman–Crippen MR) is 173 cm³/mol. The van der Waals surface area contributed by atoms with Gasteiger partial charge in [-0.3, -0.25) is 28.6 Å². The highest BCUT2D eigenvalue weighted by atomic mass is 35.5. The van der Waals surface area contributed by atoms with Crippen molar-refractivity contribution >= 4 is 52.3 Å². The van der Waals surface area contributed by atoms with Gasteiger partial charge in [-0.05, 0) is 36.6 Å². The normalized spacial score (nSPS) is 16.4. The van der Waals surface area contributed by atoms with Crippen molar-refractivity contribution in [2.45, 2.75) is 45.6 Å². The second-order valence-electron chi connectivity index (χ2n) is 12.3. The molecule has 47 heavy (non-hydrogen) atoms. The summed E-state index contributed by atoms with van der Waals surface area (Å²) in [5.41, 5.74) is 4.19. The van der Waals surface area contributed by atoms with Gasteiger partial charge >= 0.3 is 6.03 Å². The van der Waals surface area contributed by atoms with Gasteiger partial charge in [0.1, 0.15) is 23.3 Å². The first-order valence-corrected chi connectivity index (χ1v) is 15.6. The maximum atomic E-state index is 14.1. The Morgan fingerprint density at radius 3 is 2.47 bits per heavy atom. The number of aromatic nitrogens is 3. The van der Waals surface area contributed by atoms with Crippen molar-refractivity contribution in [3.63, 3.8) is 0 Å². The predicted octanol–water partition coefficient (Wildman–Crippen LogP) is 1.29. The van der Waals surface area contributed by atoms with Gasteiger partial charge in [-0.2, -0.15) is 0 Å². The molecular formula is C31H37ClFN9O5. The maximum Gasteiger partial charge on any atom is 0.325 e. The number of fused-ring (bicyclic) bond motifs is 1. The van der Waals surface area contributed by atoms with Crippen LogP contribution in [0.4, 0.5) is 15.0 Å². The molecule has 4 heterocycles. The molecule has 0 aliphatic carbocycles. The Kier molecular flexibility index (Phi) is 9.77. The van der Waals surface area contributed by atoms with Gasteiger partial charge in [0.25, 0.3) is 11.5 Å². The number of alkyl halides is 1. The number of pyridine rings is 1. The van der Waals surface area contributed by atoms with Crippen LogP contribution in [0.15, 0.2) is 41.3 Å². The zero-order chi connectivity index (χ0) is 34.0. The fraction of sp³-hybridized carbons (Fsp3) is 0.452. The van der Waals surface area contributed by atoms with Gasteiger partial charge < -0.3 is 26.2 Å². The first-order chi connectivity index (χ1) is 22.2. The van der Waals surface area contributed by atoms with Gasteiger partial charge in [-0.1, -0.05) is 37.6 Å². The fourth-order valence-electron chi connectivity index (χ4n) is 5.35. The van der Waals surface area contributed by atoms with E-state index in [9.17, 15) is 28.4 Å². The number of nitrogens with two attached hydrogens (primary N) is 1. The zero-order valence-corrected chi connectivity index (χ0v) is 27.1. The highest BCUT2D eigenvalue weighted by Crippen LogP contribution is 2.25. The Morgan fingerprint density at radius 1 is 1.11 bits per heavy atom. The SMILES string of the molecule is CC(C)C(N)C(=O)NCCN1CCN(c2cnc3c(cc(C(=O)NCc4ccc(Cl)cc4)c(=O)n3CC(=O)N3CC(C)(F)C3)n2)C1=O. The average Bonchev–Trinajstić information content (AvgIpc) is 3.39. The van der Waals surface area contributed by atoms with Crippen LogP contribution in [0.1, 0.15) is 36.7 Å².